The van der Waals surface area contributed by atoms with Crippen molar-refractivity contribution in [1.82, 2.24) is 4.31 Å². The maximum Gasteiger partial charge on any atom is 0.333 e. The molecule has 0 unspecified atom stereocenters. The molecule has 31 heavy (non-hydrogen) atoms. The smallest absolute Gasteiger partial charge is 0.333 e. The van der Waals surface area contributed by atoms with Crippen LogP contribution in [0.3, 0.4) is 0 Å². The van der Waals surface area contributed by atoms with Gasteiger partial charge in [0.25, 0.3) is 0 Å². The van der Waals surface area contributed by atoms with Gasteiger partial charge in [-0.05, 0) is 41.7 Å². The van der Waals surface area contributed by atoms with Crippen molar-refractivity contribution < 1.29 is 18.3 Å². The zero-order chi connectivity index (χ0) is 22.4. The van der Waals surface area contributed by atoms with Gasteiger partial charge >= 0.3 is 5.97 Å². The number of carbonyl (C=O) groups is 1. The summed E-state index contributed by atoms with van der Waals surface area (Å²) in [6.07, 6.45) is 1.53. The summed E-state index contributed by atoms with van der Waals surface area (Å²) >= 11 is 12.2. The molecule has 168 valence electrons. The lowest BCUT2D eigenvalue weighted by atomic mass is 9.87. The Bertz CT molecular complexity index is 1140. The van der Waals surface area contributed by atoms with E-state index in [4.69, 9.17) is 23.2 Å². The van der Waals surface area contributed by atoms with Crippen LogP contribution in [0.1, 0.15) is 45.4 Å². The van der Waals surface area contributed by atoms with Gasteiger partial charge in [-0.25, -0.2) is 13.2 Å². The largest absolute Gasteiger partial charge is 0.478 e. The SMILES string of the molecule is C.Cc1ccccc1S(=O)(=O)N1[C@@H](c2ccc(Cl)c(Cl)c2)C(C(=O)O)=C[C@H]1C(C)(C)C. The summed E-state index contributed by atoms with van der Waals surface area (Å²) in [4.78, 5) is 12.3. The number of rotatable bonds is 4. The Balaban J connectivity index is 0.00000341. The minimum Gasteiger partial charge on any atom is -0.478 e. The number of halogens is 2. The molecule has 2 atom stereocenters. The summed E-state index contributed by atoms with van der Waals surface area (Å²) in [6.45, 7) is 7.36. The Hall–Kier alpha value is -1.86. The highest BCUT2D eigenvalue weighted by Gasteiger charge is 2.49. The molecular formula is C23H27Cl2NO4S. The third-order valence-corrected chi connectivity index (χ3v) is 7.95. The minimum absolute atomic E-state index is 0. The van der Waals surface area contributed by atoms with Gasteiger partial charge in [0.1, 0.15) is 0 Å². The van der Waals surface area contributed by atoms with E-state index in [9.17, 15) is 18.3 Å². The molecule has 2 aromatic rings. The number of aryl methyl sites for hydroxylation is 1. The Labute approximate surface area is 194 Å². The topological polar surface area (TPSA) is 74.7 Å². The fourth-order valence-electron chi connectivity index (χ4n) is 3.71. The standard InChI is InChI=1S/C22H23Cl2NO4S.CH4/c1-13-7-5-6-8-18(13)30(28,29)25-19(22(2,3)4)12-15(21(26)27)20(25)14-9-10-16(23)17(24)11-14;/h5-12,19-20H,1-4H3,(H,26,27);1H4/t19-,20-;/m0./s1. The van der Waals surface area contributed by atoms with Gasteiger partial charge in [0.05, 0.1) is 26.6 Å². The van der Waals surface area contributed by atoms with Crippen LogP contribution in [0.4, 0.5) is 0 Å². The second-order valence-corrected chi connectivity index (χ2v) is 11.0. The molecule has 1 aliphatic rings. The normalized spacial score (nSPS) is 19.6. The van der Waals surface area contributed by atoms with Gasteiger partial charge in [0.2, 0.25) is 10.0 Å². The zero-order valence-electron chi connectivity index (χ0n) is 17.1. The van der Waals surface area contributed by atoms with Gasteiger partial charge in [-0.15, -0.1) is 0 Å². The molecule has 5 nitrogen and oxygen atoms in total. The van der Waals surface area contributed by atoms with Gasteiger partial charge in [-0.1, -0.05) is 81.7 Å². The summed E-state index contributed by atoms with van der Waals surface area (Å²) < 4.78 is 29.0. The molecule has 0 aromatic heterocycles. The average Bonchev–Trinajstić information content (AvgIpc) is 3.06. The van der Waals surface area contributed by atoms with Crippen LogP contribution in [0.15, 0.2) is 59.0 Å². The van der Waals surface area contributed by atoms with Crippen LogP contribution in [0.2, 0.25) is 10.0 Å². The van der Waals surface area contributed by atoms with Crippen LogP contribution in [0, 0.1) is 12.3 Å². The number of aliphatic carboxylic acids is 1. The predicted molar refractivity (Wildman–Crippen MR) is 125 cm³/mol. The zero-order valence-corrected chi connectivity index (χ0v) is 19.4. The molecule has 1 aliphatic heterocycles. The summed E-state index contributed by atoms with van der Waals surface area (Å²) in [5, 5.41) is 10.4. The van der Waals surface area contributed by atoms with Gasteiger partial charge in [-0.3, -0.25) is 0 Å². The van der Waals surface area contributed by atoms with Crippen LogP contribution < -0.4 is 0 Å². The van der Waals surface area contributed by atoms with E-state index in [1.54, 1.807) is 37.3 Å². The van der Waals surface area contributed by atoms with Gasteiger partial charge in [-0.2, -0.15) is 4.31 Å². The second-order valence-electron chi connectivity index (χ2n) is 8.41. The summed E-state index contributed by atoms with van der Waals surface area (Å²) in [5.74, 6) is -1.18. The van der Waals surface area contributed by atoms with Crippen LogP contribution >= 0.6 is 23.2 Å². The molecule has 0 amide bonds. The van der Waals surface area contributed by atoms with Crippen molar-refractivity contribution in [3.8, 4) is 0 Å². The second kappa shape index (κ2) is 8.94. The lowest BCUT2D eigenvalue weighted by molar-refractivity contribution is -0.133. The molecule has 0 saturated carbocycles. The number of hydrogen-bond acceptors (Lipinski definition) is 3. The summed E-state index contributed by atoms with van der Waals surface area (Å²) in [6, 6.07) is 9.64. The predicted octanol–water partition coefficient (Wildman–Crippen LogP) is 6.11. The van der Waals surface area contributed by atoms with E-state index >= 15 is 0 Å². The number of carboxylic acid groups (broad SMARTS) is 1. The van der Waals surface area contributed by atoms with Crippen LogP contribution in [0.5, 0.6) is 0 Å². The molecule has 0 fully saturated rings. The number of nitrogens with zero attached hydrogens (tertiary/aromatic N) is 1. The van der Waals surface area contributed by atoms with Crippen molar-refractivity contribution in [2.45, 2.75) is 52.1 Å². The Morgan fingerprint density at radius 3 is 2.19 bits per heavy atom. The van der Waals surface area contributed by atoms with Crippen molar-refractivity contribution in [2.24, 2.45) is 5.41 Å². The number of hydrogen-bond donors (Lipinski definition) is 1. The molecule has 1 heterocycles. The molecule has 8 heteroatoms. The molecule has 0 radical (unpaired) electrons. The Morgan fingerprint density at radius 2 is 1.68 bits per heavy atom. The van der Waals surface area contributed by atoms with Crippen molar-refractivity contribution >= 4 is 39.2 Å². The highest BCUT2D eigenvalue weighted by atomic mass is 35.5. The van der Waals surface area contributed by atoms with Crippen molar-refractivity contribution in [1.29, 1.82) is 0 Å². The first-order chi connectivity index (χ1) is 13.9. The number of sulfonamides is 1. The van der Waals surface area contributed by atoms with E-state index in [0.717, 1.165) is 0 Å². The molecular weight excluding hydrogens is 457 g/mol. The van der Waals surface area contributed by atoms with E-state index in [1.165, 1.54) is 22.5 Å². The lowest BCUT2D eigenvalue weighted by Crippen LogP contribution is -2.45. The molecule has 0 spiro atoms. The molecule has 3 rings (SSSR count). The third-order valence-electron chi connectivity index (χ3n) is 5.20. The number of carboxylic acids is 1. The third kappa shape index (κ3) is 4.67. The summed E-state index contributed by atoms with van der Waals surface area (Å²) in [5.41, 5.74) is 0.468. The maximum atomic E-state index is 13.9. The van der Waals surface area contributed by atoms with E-state index in [1.807, 2.05) is 20.8 Å². The van der Waals surface area contributed by atoms with Crippen LogP contribution in [-0.4, -0.2) is 29.8 Å². The average molecular weight is 484 g/mol. The number of benzene rings is 2. The monoisotopic (exact) mass is 483 g/mol. The van der Waals surface area contributed by atoms with Crippen molar-refractivity contribution in [3.63, 3.8) is 0 Å². The van der Waals surface area contributed by atoms with Crippen LogP contribution in [0.25, 0.3) is 0 Å². The quantitative estimate of drug-likeness (QED) is 0.568. The van der Waals surface area contributed by atoms with Crippen molar-refractivity contribution in [3.05, 3.63) is 75.3 Å². The summed E-state index contributed by atoms with van der Waals surface area (Å²) in [7, 11) is -4.05. The lowest BCUT2D eigenvalue weighted by Gasteiger charge is -2.37. The fourth-order valence-corrected chi connectivity index (χ4v) is 6.16. The molecule has 0 aliphatic carbocycles. The molecule has 1 N–H and O–H groups in total. The Kier molecular flexibility index (Phi) is 7.33. The molecule has 2 aromatic carbocycles. The molecule has 0 saturated heterocycles. The minimum atomic E-state index is -4.05. The highest BCUT2D eigenvalue weighted by molar-refractivity contribution is 7.89. The van der Waals surface area contributed by atoms with E-state index in [2.05, 4.69) is 0 Å². The van der Waals surface area contributed by atoms with E-state index in [0.29, 0.717) is 16.1 Å². The van der Waals surface area contributed by atoms with E-state index in [-0.39, 0.29) is 22.9 Å². The first-order valence-electron chi connectivity index (χ1n) is 9.35. The highest BCUT2D eigenvalue weighted by Crippen LogP contribution is 2.47. The Morgan fingerprint density at radius 1 is 1.06 bits per heavy atom. The van der Waals surface area contributed by atoms with Gasteiger partial charge < -0.3 is 5.11 Å². The first kappa shape index (κ1) is 25.4. The fraction of sp³-hybridized carbons (Fsp3) is 0.348. The molecule has 0 bridgehead atoms. The first-order valence-corrected chi connectivity index (χ1v) is 11.5. The van der Waals surface area contributed by atoms with Gasteiger partial charge in [0, 0.05) is 6.04 Å². The van der Waals surface area contributed by atoms with Crippen molar-refractivity contribution in [2.75, 3.05) is 0 Å². The maximum absolute atomic E-state index is 13.9. The van der Waals surface area contributed by atoms with E-state index < -0.39 is 33.5 Å². The van der Waals surface area contributed by atoms with Gasteiger partial charge in [0.15, 0.2) is 0 Å². The van der Waals surface area contributed by atoms with Crippen LogP contribution in [-0.2, 0) is 14.8 Å².